The van der Waals surface area contributed by atoms with Gasteiger partial charge < -0.3 is 9.13 Å². The number of aromatic nitrogens is 2. The molecule has 0 spiro atoms. The zero-order chi connectivity index (χ0) is 24.5. The average Bonchev–Trinajstić information content (AvgIpc) is 2.89. The van der Waals surface area contributed by atoms with Crippen molar-refractivity contribution in [2.45, 2.75) is 23.2 Å². The van der Waals surface area contributed by atoms with Gasteiger partial charge in [-0.2, -0.15) is 0 Å². The molecule has 35 heavy (non-hydrogen) atoms. The van der Waals surface area contributed by atoms with Crippen LogP contribution in [-0.4, -0.2) is 24.1 Å². The van der Waals surface area contributed by atoms with Crippen LogP contribution in [0.3, 0.4) is 0 Å². The molecule has 1 heterocycles. The topological polar surface area (TPSA) is 90.2 Å². The molecule has 0 unspecified atom stereocenters. The summed E-state index contributed by atoms with van der Waals surface area (Å²) in [4.78, 5) is 24.4. The molecule has 1 N–H and O–H groups in total. The van der Waals surface area contributed by atoms with E-state index in [9.17, 15) is 18.0 Å². The van der Waals surface area contributed by atoms with Gasteiger partial charge in [0.25, 0.3) is 0 Å². The number of nitrogens with zero attached hydrogens (tertiary/aromatic N) is 2. The Balaban J connectivity index is 1.34. The van der Waals surface area contributed by atoms with E-state index in [1.807, 2.05) is 0 Å². The standard InChI is InChI=1S/C27H25N3O4S/c1-29-23-12-11-17(14-24(23)30(2)27(32)26(29)31)35(33,34)28-15-16-13-22-18-7-3-5-9-20(18)25(16)21-10-6-4-8-19(21)22/h3-12,14,16,22,25,28H,13,15H2,1-2H3/t16-,22?,25?/m0/s1. The third kappa shape index (κ3) is 3.24. The van der Waals surface area contributed by atoms with Crippen LogP contribution in [0.25, 0.3) is 11.0 Å². The Morgan fingerprint density at radius 3 is 1.94 bits per heavy atom. The molecule has 7 rings (SSSR count). The molecule has 0 fully saturated rings. The van der Waals surface area contributed by atoms with Crippen molar-refractivity contribution in [3.8, 4) is 0 Å². The van der Waals surface area contributed by atoms with Gasteiger partial charge in [0.05, 0.1) is 15.9 Å². The Morgan fingerprint density at radius 1 is 0.800 bits per heavy atom. The molecule has 3 aliphatic rings. The van der Waals surface area contributed by atoms with Gasteiger partial charge in [-0.15, -0.1) is 0 Å². The lowest BCUT2D eigenvalue weighted by molar-refractivity contribution is 0.355. The average molecular weight is 488 g/mol. The molecule has 0 amide bonds. The highest BCUT2D eigenvalue weighted by atomic mass is 32.2. The number of benzene rings is 3. The molecule has 0 radical (unpaired) electrons. The van der Waals surface area contributed by atoms with E-state index in [1.165, 1.54) is 57.6 Å². The van der Waals surface area contributed by atoms with E-state index >= 15 is 0 Å². The minimum Gasteiger partial charge on any atom is -0.305 e. The number of rotatable bonds is 4. The molecule has 4 aromatic rings. The molecule has 1 atom stereocenters. The third-order valence-corrected chi connectivity index (χ3v) is 9.15. The highest BCUT2D eigenvalue weighted by molar-refractivity contribution is 7.89. The molecule has 0 aliphatic heterocycles. The van der Waals surface area contributed by atoms with Gasteiger partial charge >= 0.3 is 11.1 Å². The van der Waals surface area contributed by atoms with E-state index < -0.39 is 21.1 Å². The lowest BCUT2D eigenvalue weighted by atomic mass is 9.59. The molecule has 2 bridgehead atoms. The fourth-order valence-electron chi connectivity index (χ4n) is 5.99. The molecule has 0 saturated carbocycles. The van der Waals surface area contributed by atoms with Gasteiger partial charge in [0.2, 0.25) is 10.0 Å². The van der Waals surface area contributed by atoms with Crippen molar-refractivity contribution in [2.24, 2.45) is 20.0 Å². The van der Waals surface area contributed by atoms with Crippen LogP contribution in [0.1, 0.15) is 40.5 Å². The zero-order valence-corrected chi connectivity index (χ0v) is 20.2. The Labute approximate surface area is 202 Å². The first-order valence-corrected chi connectivity index (χ1v) is 13.1. The van der Waals surface area contributed by atoms with Crippen molar-refractivity contribution in [2.75, 3.05) is 6.54 Å². The Bertz CT molecular complexity index is 1690. The van der Waals surface area contributed by atoms with Gasteiger partial charge in [-0.05, 0) is 52.8 Å². The summed E-state index contributed by atoms with van der Waals surface area (Å²) in [5, 5.41) is 0. The van der Waals surface area contributed by atoms with E-state index in [2.05, 4.69) is 53.3 Å². The van der Waals surface area contributed by atoms with Gasteiger partial charge in [0, 0.05) is 32.5 Å². The van der Waals surface area contributed by atoms with Crippen LogP contribution < -0.4 is 15.8 Å². The molecule has 8 heteroatoms. The Morgan fingerprint density at radius 2 is 1.34 bits per heavy atom. The maximum absolute atomic E-state index is 13.3. The van der Waals surface area contributed by atoms with E-state index in [0.29, 0.717) is 17.6 Å². The highest BCUT2D eigenvalue weighted by Gasteiger charge is 2.43. The summed E-state index contributed by atoms with van der Waals surface area (Å²) in [6, 6.07) is 21.5. The normalized spacial score (nSPS) is 20.6. The molecule has 7 nitrogen and oxygen atoms in total. The molecule has 0 saturated heterocycles. The van der Waals surface area contributed by atoms with Crippen LogP contribution in [0.2, 0.25) is 0 Å². The summed E-state index contributed by atoms with van der Waals surface area (Å²) < 4.78 is 31.9. The number of hydrogen-bond acceptors (Lipinski definition) is 4. The van der Waals surface area contributed by atoms with Gasteiger partial charge in [-0.1, -0.05) is 48.5 Å². The summed E-state index contributed by atoms with van der Waals surface area (Å²) in [5.74, 6) is 0.533. The van der Waals surface area contributed by atoms with Crippen LogP contribution in [0.15, 0.2) is 81.2 Å². The summed E-state index contributed by atoms with van der Waals surface area (Å²) in [5.41, 5.74) is 4.79. The second-order valence-corrected chi connectivity index (χ2v) is 11.3. The first-order chi connectivity index (χ1) is 16.8. The van der Waals surface area contributed by atoms with Crippen molar-refractivity contribution in [3.05, 3.63) is 110 Å². The number of sulfonamides is 1. The van der Waals surface area contributed by atoms with Crippen LogP contribution >= 0.6 is 0 Å². The summed E-state index contributed by atoms with van der Waals surface area (Å²) in [6.45, 7) is 0.316. The van der Waals surface area contributed by atoms with Gasteiger partial charge in [-0.3, -0.25) is 9.59 Å². The lowest BCUT2D eigenvalue weighted by Gasteiger charge is -2.45. The minimum absolute atomic E-state index is 0.0698. The van der Waals surface area contributed by atoms with Crippen LogP contribution in [-0.2, 0) is 24.1 Å². The summed E-state index contributed by atoms with van der Waals surface area (Å²) >= 11 is 0. The Hall–Kier alpha value is -3.49. The molecule has 3 aromatic carbocycles. The maximum Gasteiger partial charge on any atom is 0.316 e. The Kier molecular flexibility index (Phi) is 4.88. The van der Waals surface area contributed by atoms with E-state index in [1.54, 1.807) is 6.07 Å². The van der Waals surface area contributed by atoms with Crippen molar-refractivity contribution in [1.29, 1.82) is 0 Å². The lowest BCUT2D eigenvalue weighted by Crippen LogP contribution is -2.40. The molecular weight excluding hydrogens is 462 g/mol. The van der Waals surface area contributed by atoms with Gasteiger partial charge in [0.1, 0.15) is 0 Å². The van der Waals surface area contributed by atoms with Crippen LogP contribution in [0, 0.1) is 5.92 Å². The van der Waals surface area contributed by atoms with Crippen molar-refractivity contribution >= 4 is 21.1 Å². The quantitative estimate of drug-likeness (QED) is 0.448. The first-order valence-electron chi connectivity index (χ1n) is 11.6. The van der Waals surface area contributed by atoms with Crippen LogP contribution in [0.4, 0.5) is 0 Å². The predicted molar refractivity (Wildman–Crippen MR) is 134 cm³/mol. The van der Waals surface area contributed by atoms with Crippen LogP contribution in [0.5, 0.6) is 0 Å². The van der Waals surface area contributed by atoms with Gasteiger partial charge in [-0.25, -0.2) is 13.1 Å². The number of hydrogen-bond donors (Lipinski definition) is 1. The van der Waals surface area contributed by atoms with Crippen molar-refractivity contribution in [3.63, 3.8) is 0 Å². The number of nitrogens with one attached hydrogen (secondary N) is 1. The minimum atomic E-state index is -3.83. The van der Waals surface area contributed by atoms with Crippen molar-refractivity contribution in [1.82, 2.24) is 13.9 Å². The second-order valence-electron chi connectivity index (χ2n) is 9.51. The van der Waals surface area contributed by atoms with Gasteiger partial charge in [0.15, 0.2) is 0 Å². The second kappa shape index (κ2) is 7.76. The maximum atomic E-state index is 13.3. The van der Waals surface area contributed by atoms with E-state index in [0.717, 1.165) is 6.42 Å². The number of fused-ring (bicyclic) bond motifs is 2. The highest BCUT2D eigenvalue weighted by Crippen LogP contribution is 2.55. The fourth-order valence-corrected chi connectivity index (χ4v) is 7.10. The molecule has 1 aromatic heterocycles. The largest absolute Gasteiger partial charge is 0.316 e. The molecular formula is C27H25N3O4S. The third-order valence-electron chi connectivity index (χ3n) is 7.73. The number of aryl methyl sites for hydroxylation is 2. The predicted octanol–water partition coefficient (Wildman–Crippen LogP) is 2.81. The molecule has 178 valence electrons. The van der Waals surface area contributed by atoms with E-state index in [-0.39, 0.29) is 22.6 Å². The summed E-state index contributed by atoms with van der Waals surface area (Å²) in [6.07, 6.45) is 0.884. The summed E-state index contributed by atoms with van der Waals surface area (Å²) in [7, 11) is -0.846. The zero-order valence-electron chi connectivity index (χ0n) is 19.4. The smallest absolute Gasteiger partial charge is 0.305 e. The first kappa shape index (κ1) is 22.0. The fraction of sp³-hybridized carbons (Fsp3) is 0.259. The van der Waals surface area contributed by atoms with E-state index in [4.69, 9.17) is 0 Å². The molecule has 3 aliphatic carbocycles. The van der Waals surface area contributed by atoms with Crippen molar-refractivity contribution < 1.29 is 8.42 Å². The monoisotopic (exact) mass is 487 g/mol. The SMILES string of the molecule is Cn1c(=O)c(=O)n(C)c2cc(S(=O)(=O)NC[C@@H]3CC4c5ccccc5C3c3ccccc34)ccc21.